The topological polar surface area (TPSA) is 128 Å². The number of hydrogen-bond donors (Lipinski definition) is 5. The van der Waals surface area contributed by atoms with Crippen molar-refractivity contribution < 1.29 is 34.6 Å². The summed E-state index contributed by atoms with van der Waals surface area (Å²) in [5, 5.41) is 41.4. The molecule has 5 atom stereocenters. The van der Waals surface area contributed by atoms with E-state index >= 15 is 0 Å². The van der Waals surface area contributed by atoms with Crippen LogP contribution in [0, 0.1) is 0 Å². The van der Waals surface area contributed by atoms with E-state index in [-0.39, 0.29) is 0 Å². The lowest BCUT2D eigenvalue weighted by Crippen LogP contribution is -2.65. The second-order valence-corrected chi connectivity index (χ2v) is 5.80. The van der Waals surface area contributed by atoms with E-state index in [0.717, 1.165) is 0 Å². The molecule has 1 aliphatic rings. The average Bonchev–Trinajstić information content (AvgIpc) is 2.54. The zero-order valence-electron chi connectivity index (χ0n) is 13.5. The number of carbonyl (C=O) groups is 1. The molecule has 0 bridgehead atoms. The van der Waals surface area contributed by atoms with Gasteiger partial charge in [0.25, 0.3) is 0 Å². The second-order valence-electron chi connectivity index (χ2n) is 5.80. The Morgan fingerprint density at radius 3 is 2.42 bits per heavy atom. The highest BCUT2D eigenvalue weighted by Crippen LogP contribution is 2.24. The first-order valence-electron chi connectivity index (χ1n) is 7.67. The molecule has 1 fully saturated rings. The van der Waals surface area contributed by atoms with Crippen molar-refractivity contribution >= 4 is 18.3 Å². The second kappa shape index (κ2) is 7.95. The zero-order valence-corrected chi connectivity index (χ0v) is 13.5. The van der Waals surface area contributed by atoms with E-state index in [0.29, 0.717) is 11.2 Å². The Morgan fingerprint density at radius 2 is 1.92 bits per heavy atom. The number of aliphatic hydroxyl groups is 3. The molecule has 2 rings (SSSR count). The van der Waals surface area contributed by atoms with E-state index in [1.807, 2.05) is 0 Å². The van der Waals surface area contributed by atoms with Gasteiger partial charge < -0.3 is 35.1 Å². The summed E-state index contributed by atoms with van der Waals surface area (Å²) in [4.78, 5) is 11.3. The van der Waals surface area contributed by atoms with Crippen molar-refractivity contribution in [2.45, 2.75) is 44.4 Å². The van der Waals surface area contributed by atoms with Gasteiger partial charge in [0.2, 0.25) is 12.2 Å². The van der Waals surface area contributed by atoms with Crippen LogP contribution in [0.15, 0.2) is 24.3 Å². The maximum absolute atomic E-state index is 11.3. The summed E-state index contributed by atoms with van der Waals surface area (Å²) in [7, 11) is 0. The smallest absolute Gasteiger partial charge is 0.320 e. The molecule has 1 aromatic rings. The summed E-state index contributed by atoms with van der Waals surface area (Å²) in [5.41, 5.74) is 0.703. The lowest BCUT2D eigenvalue weighted by Gasteiger charge is -2.42. The minimum atomic E-state index is -1.36. The number of nitrogens with one attached hydrogen (secondary N) is 1. The predicted octanol–water partition coefficient (Wildman–Crippen LogP) is -2.17. The first-order chi connectivity index (χ1) is 11.3. The Morgan fingerprint density at radius 1 is 1.29 bits per heavy atom. The molecule has 1 amide bonds. The van der Waals surface area contributed by atoms with Crippen molar-refractivity contribution in [1.82, 2.24) is 5.32 Å². The van der Waals surface area contributed by atoms with E-state index in [1.165, 1.54) is 6.92 Å². The maximum Gasteiger partial charge on any atom is 0.320 e. The van der Waals surface area contributed by atoms with Gasteiger partial charge in [-0.2, -0.15) is 0 Å². The predicted molar refractivity (Wildman–Crippen MR) is 85.9 cm³/mol. The number of amides is 1. The molecule has 132 valence electrons. The molecule has 0 saturated carbocycles. The van der Waals surface area contributed by atoms with Crippen molar-refractivity contribution in [1.29, 1.82) is 0 Å². The van der Waals surface area contributed by atoms with Crippen LogP contribution in [0.3, 0.4) is 0 Å². The zero-order chi connectivity index (χ0) is 17.9. The lowest BCUT2D eigenvalue weighted by molar-refractivity contribution is -0.244. The normalized spacial score (nSPS) is 29.8. The summed E-state index contributed by atoms with van der Waals surface area (Å²) in [6, 6.07) is 5.57. The molecule has 1 aliphatic heterocycles. The van der Waals surface area contributed by atoms with Crippen LogP contribution in [0.4, 0.5) is 0 Å². The largest absolute Gasteiger partial charge is 0.463 e. The minimum Gasteiger partial charge on any atom is -0.463 e. The lowest BCUT2D eigenvalue weighted by atomic mass is 9.64. The van der Waals surface area contributed by atoms with Crippen molar-refractivity contribution in [3.8, 4) is 5.75 Å². The first kappa shape index (κ1) is 18.7. The van der Waals surface area contributed by atoms with Crippen molar-refractivity contribution in [3.63, 3.8) is 0 Å². The molecule has 5 N–H and O–H groups in total. The summed E-state index contributed by atoms with van der Waals surface area (Å²) in [6.07, 6.45) is -4.85. The standard InChI is InChI=1S/C15H22BNO7/c1-8(19)17-12-14(21)13(20)11(7-18)24-15(12)23-10-5-3-9(4-6-10)16(2)22/h3-6,11-15,18,20-22H,7H2,1-2H3,(H,17,19)/t11?,12-,13?,14?,15?/m0/s1. The molecule has 1 saturated heterocycles. The highest BCUT2D eigenvalue weighted by atomic mass is 16.7. The maximum atomic E-state index is 11.3. The Balaban J connectivity index is 2.17. The highest BCUT2D eigenvalue weighted by Gasteiger charge is 2.46. The van der Waals surface area contributed by atoms with Crippen LogP contribution in [0.25, 0.3) is 0 Å². The van der Waals surface area contributed by atoms with Gasteiger partial charge in [-0.3, -0.25) is 4.79 Å². The summed E-state index contributed by atoms with van der Waals surface area (Å²) in [6.45, 7) is 1.78. The molecule has 0 aliphatic carbocycles. The monoisotopic (exact) mass is 339 g/mol. The fraction of sp³-hybridized carbons (Fsp3) is 0.533. The molecule has 1 heterocycles. The molecular formula is C15H22BNO7. The third-order valence-corrected chi connectivity index (χ3v) is 3.87. The molecule has 24 heavy (non-hydrogen) atoms. The number of carbonyl (C=O) groups excluding carboxylic acids is 1. The Hall–Kier alpha value is -1.65. The fourth-order valence-electron chi connectivity index (χ4n) is 2.53. The molecule has 1 aromatic carbocycles. The summed E-state index contributed by atoms with van der Waals surface area (Å²) >= 11 is 0. The molecular weight excluding hydrogens is 317 g/mol. The van der Waals surface area contributed by atoms with Gasteiger partial charge in [0, 0.05) is 6.92 Å². The van der Waals surface area contributed by atoms with Crippen LogP contribution in [-0.4, -0.2) is 70.4 Å². The number of hydrogen-bond acceptors (Lipinski definition) is 7. The number of aliphatic hydroxyl groups excluding tert-OH is 3. The molecule has 9 heteroatoms. The van der Waals surface area contributed by atoms with Crippen LogP contribution in [0.5, 0.6) is 5.75 Å². The third kappa shape index (κ3) is 4.25. The van der Waals surface area contributed by atoms with Gasteiger partial charge in [-0.1, -0.05) is 19.0 Å². The van der Waals surface area contributed by atoms with Gasteiger partial charge in [-0.05, 0) is 17.6 Å². The van der Waals surface area contributed by atoms with E-state index in [2.05, 4.69) is 5.32 Å². The molecule has 8 nitrogen and oxygen atoms in total. The quantitative estimate of drug-likeness (QED) is 0.386. The van der Waals surface area contributed by atoms with E-state index in [1.54, 1.807) is 31.1 Å². The van der Waals surface area contributed by atoms with Crippen LogP contribution in [0.2, 0.25) is 6.82 Å². The number of ether oxygens (including phenoxy) is 2. The van der Waals surface area contributed by atoms with Crippen LogP contribution >= 0.6 is 0 Å². The average molecular weight is 339 g/mol. The number of benzene rings is 1. The van der Waals surface area contributed by atoms with E-state index < -0.39 is 50.1 Å². The highest BCUT2D eigenvalue weighted by molar-refractivity contribution is 6.64. The van der Waals surface area contributed by atoms with E-state index in [9.17, 15) is 25.1 Å². The van der Waals surface area contributed by atoms with Crippen molar-refractivity contribution in [2.24, 2.45) is 0 Å². The summed E-state index contributed by atoms with van der Waals surface area (Å²) < 4.78 is 11.1. The summed E-state index contributed by atoms with van der Waals surface area (Å²) in [5.74, 6) is -0.0321. The molecule has 4 unspecified atom stereocenters. The van der Waals surface area contributed by atoms with Crippen LogP contribution < -0.4 is 15.5 Å². The first-order valence-corrected chi connectivity index (χ1v) is 7.67. The van der Waals surface area contributed by atoms with Gasteiger partial charge in [-0.25, -0.2) is 0 Å². The minimum absolute atomic E-state index is 0.389. The van der Waals surface area contributed by atoms with Gasteiger partial charge in [-0.15, -0.1) is 0 Å². The fourth-order valence-corrected chi connectivity index (χ4v) is 2.53. The molecule has 0 aromatic heterocycles. The van der Waals surface area contributed by atoms with Crippen LogP contribution in [-0.2, 0) is 9.53 Å². The molecule has 0 radical (unpaired) electrons. The van der Waals surface area contributed by atoms with Gasteiger partial charge in [0.05, 0.1) is 6.61 Å². The number of rotatable bonds is 5. The van der Waals surface area contributed by atoms with Crippen molar-refractivity contribution in [3.05, 3.63) is 24.3 Å². The SMILES string of the molecule is CB(O)c1ccc(OC2OC(CO)C(O)C(O)[C@@H]2NC(C)=O)cc1. The Bertz CT molecular complexity index is 553. The Labute approximate surface area is 140 Å². The van der Waals surface area contributed by atoms with E-state index in [4.69, 9.17) is 9.47 Å². The van der Waals surface area contributed by atoms with Gasteiger partial charge >= 0.3 is 6.92 Å². The van der Waals surface area contributed by atoms with Crippen LogP contribution in [0.1, 0.15) is 6.92 Å². The van der Waals surface area contributed by atoms with Crippen molar-refractivity contribution in [2.75, 3.05) is 6.61 Å². The third-order valence-electron chi connectivity index (χ3n) is 3.87. The Kier molecular flexibility index (Phi) is 6.19. The van der Waals surface area contributed by atoms with Gasteiger partial charge in [0.1, 0.15) is 30.1 Å². The van der Waals surface area contributed by atoms with Gasteiger partial charge in [0.15, 0.2) is 0 Å². The molecule has 0 spiro atoms.